The lowest BCUT2D eigenvalue weighted by Crippen LogP contribution is -2.34. The van der Waals surface area contributed by atoms with Gasteiger partial charge in [-0.2, -0.15) is 0 Å². The first-order chi connectivity index (χ1) is 23.5. The molecule has 8 bridgehead atoms. The van der Waals surface area contributed by atoms with Gasteiger partial charge in [0.1, 0.15) is 45.0 Å². The van der Waals surface area contributed by atoms with E-state index in [1.165, 1.54) is 22.7 Å². The Morgan fingerprint density at radius 1 is 0.520 bits per heavy atom. The van der Waals surface area contributed by atoms with Crippen LogP contribution in [0, 0.1) is 37.5 Å². The Morgan fingerprint density at radius 2 is 0.840 bits per heavy atom. The highest BCUT2D eigenvalue weighted by Gasteiger charge is 2.33. The van der Waals surface area contributed by atoms with Crippen LogP contribution in [0.5, 0.6) is 0 Å². The smallest absolute Gasteiger partial charge is 0.274 e. The van der Waals surface area contributed by atoms with Gasteiger partial charge in [0.05, 0.1) is 12.1 Å². The average Bonchev–Trinajstić information content (AvgIpc) is 3.85. The summed E-state index contributed by atoms with van der Waals surface area (Å²) in [6.45, 7) is 18.6. The number of oxazole rings is 2. The highest BCUT2D eigenvalue weighted by Crippen LogP contribution is 2.31. The van der Waals surface area contributed by atoms with Crippen LogP contribution in [0.25, 0.3) is 0 Å². The fraction of sp³-hybridized carbons (Fsp3) is 0.529. The van der Waals surface area contributed by atoms with E-state index >= 15 is 0 Å². The van der Waals surface area contributed by atoms with Crippen molar-refractivity contribution in [2.75, 3.05) is 0 Å². The zero-order valence-electron chi connectivity index (χ0n) is 29.8. The van der Waals surface area contributed by atoms with Crippen LogP contribution in [0.15, 0.2) is 19.6 Å². The molecule has 1 aliphatic heterocycles. The zero-order valence-corrected chi connectivity index (χ0v) is 31.5. The molecule has 50 heavy (non-hydrogen) atoms. The highest BCUT2D eigenvalue weighted by molar-refractivity contribution is 7.10. The van der Waals surface area contributed by atoms with Gasteiger partial charge in [0, 0.05) is 10.8 Å². The zero-order chi connectivity index (χ0) is 36.6. The Bertz CT molecular complexity index is 1890. The molecular formula is C34H44N8O6S2. The van der Waals surface area contributed by atoms with E-state index in [4.69, 9.17) is 8.83 Å². The van der Waals surface area contributed by atoms with Crippen molar-refractivity contribution in [1.29, 1.82) is 0 Å². The van der Waals surface area contributed by atoms with Crippen LogP contribution in [0.1, 0.15) is 155 Å². The molecule has 4 aromatic rings. The van der Waals surface area contributed by atoms with E-state index in [-0.39, 0.29) is 69.7 Å². The largest absolute Gasteiger partial charge is 0.443 e. The molecule has 4 atom stereocenters. The normalized spacial score (nSPS) is 20.9. The van der Waals surface area contributed by atoms with E-state index < -0.39 is 47.8 Å². The maximum atomic E-state index is 13.6. The van der Waals surface area contributed by atoms with E-state index in [1.54, 1.807) is 24.6 Å². The molecule has 0 spiro atoms. The molecule has 0 radical (unpaired) electrons. The van der Waals surface area contributed by atoms with Crippen molar-refractivity contribution < 1.29 is 28.0 Å². The molecule has 14 nitrogen and oxygen atoms in total. The standard InChI is InChI=1S/C34H44N8O6S2/c1-13(2)21-31-41-25(17(9)47-31)29(45)38-22(14(3)4)32-42-26(18(10)48-32)30(46)40-24(16(7)8)34-36-20(12-50-34)28(44)39-23(15(5)6)33-35-19(11-49-33)27(43)37-21/h11-16,21-24H,1-10H3,(H,37,43)(H,38,45)(H,39,44)(H,40,46)/t21-,22-,23-,24-/m0/s1. The molecule has 0 aromatic carbocycles. The van der Waals surface area contributed by atoms with Gasteiger partial charge in [0.15, 0.2) is 11.4 Å². The van der Waals surface area contributed by atoms with Crippen molar-refractivity contribution in [1.82, 2.24) is 41.2 Å². The molecule has 1 aliphatic rings. The summed E-state index contributed by atoms with van der Waals surface area (Å²) < 4.78 is 11.9. The lowest BCUT2D eigenvalue weighted by molar-refractivity contribution is 0.0904. The molecule has 0 aliphatic carbocycles. The van der Waals surface area contributed by atoms with Crippen LogP contribution in [0.2, 0.25) is 0 Å². The Hall–Kier alpha value is -4.44. The van der Waals surface area contributed by atoms with E-state index in [2.05, 4.69) is 41.2 Å². The highest BCUT2D eigenvalue weighted by atomic mass is 32.1. The van der Waals surface area contributed by atoms with Crippen molar-refractivity contribution in [2.45, 2.75) is 93.4 Å². The Morgan fingerprint density at radius 3 is 1.20 bits per heavy atom. The van der Waals surface area contributed by atoms with E-state index in [0.29, 0.717) is 10.0 Å². The van der Waals surface area contributed by atoms with Crippen LogP contribution >= 0.6 is 22.7 Å². The summed E-state index contributed by atoms with van der Waals surface area (Å²) in [6.07, 6.45) is 0. The van der Waals surface area contributed by atoms with Crippen molar-refractivity contribution in [3.63, 3.8) is 0 Å². The van der Waals surface area contributed by atoms with E-state index in [0.717, 1.165) is 0 Å². The molecule has 0 saturated heterocycles. The molecule has 0 unspecified atom stereocenters. The molecular weight excluding hydrogens is 681 g/mol. The topological polar surface area (TPSA) is 194 Å². The molecule has 4 aromatic heterocycles. The Kier molecular flexibility index (Phi) is 10.9. The number of carbonyl (C=O) groups excluding carboxylic acids is 4. The first kappa shape index (κ1) is 36.8. The van der Waals surface area contributed by atoms with Gasteiger partial charge in [-0.05, 0) is 37.5 Å². The van der Waals surface area contributed by atoms with Gasteiger partial charge < -0.3 is 30.1 Å². The van der Waals surface area contributed by atoms with Crippen molar-refractivity contribution >= 4 is 46.3 Å². The van der Waals surface area contributed by atoms with Crippen molar-refractivity contribution in [2.24, 2.45) is 23.7 Å². The predicted molar refractivity (Wildman–Crippen MR) is 187 cm³/mol. The van der Waals surface area contributed by atoms with Gasteiger partial charge in [-0.1, -0.05) is 55.4 Å². The second-order valence-electron chi connectivity index (χ2n) is 13.8. The number of fused-ring (bicyclic) bond motifs is 8. The van der Waals surface area contributed by atoms with Gasteiger partial charge in [0.25, 0.3) is 23.6 Å². The molecule has 4 amide bonds. The number of nitrogens with zero attached hydrogens (tertiary/aromatic N) is 4. The van der Waals surface area contributed by atoms with Gasteiger partial charge in [0.2, 0.25) is 11.8 Å². The molecule has 16 heteroatoms. The summed E-state index contributed by atoms with van der Waals surface area (Å²) in [5.41, 5.74) is 0.510. The van der Waals surface area contributed by atoms with Crippen LogP contribution in [0.3, 0.4) is 0 Å². The predicted octanol–water partition coefficient (Wildman–Crippen LogP) is 6.01. The van der Waals surface area contributed by atoms with Gasteiger partial charge in [-0.25, -0.2) is 19.9 Å². The van der Waals surface area contributed by atoms with Crippen molar-refractivity contribution in [3.05, 3.63) is 66.9 Å². The average molecular weight is 725 g/mol. The maximum absolute atomic E-state index is 13.6. The fourth-order valence-corrected chi connectivity index (χ4v) is 7.54. The third-order valence-electron chi connectivity index (χ3n) is 8.44. The summed E-state index contributed by atoms with van der Waals surface area (Å²) in [6, 6.07) is -2.41. The molecule has 5 heterocycles. The summed E-state index contributed by atoms with van der Waals surface area (Å²) >= 11 is 2.54. The van der Waals surface area contributed by atoms with Gasteiger partial charge in [-0.3, -0.25) is 19.2 Å². The molecule has 5 rings (SSSR count). The second-order valence-corrected chi connectivity index (χ2v) is 15.6. The molecule has 4 N–H and O–H groups in total. The van der Waals surface area contributed by atoms with E-state index in [9.17, 15) is 19.2 Å². The lowest BCUT2D eigenvalue weighted by atomic mass is 10.0. The number of nitrogens with one attached hydrogen (secondary N) is 4. The summed E-state index contributed by atoms with van der Waals surface area (Å²) in [5, 5.41) is 16.4. The molecule has 268 valence electrons. The number of thiazole rings is 2. The first-order valence-electron chi connectivity index (χ1n) is 16.6. The summed E-state index contributed by atoms with van der Waals surface area (Å²) in [7, 11) is 0. The minimum absolute atomic E-state index is 0.0512. The van der Waals surface area contributed by atoms with Crippen LogP contribution < -0.4 is 21.3 Å². The van der Waals surface area contributed by atoms with Gasteiger partial charge >= 0.3 is 0 Å². The minimum Gasteiger partial charge on any atom is -0.443 e. The van der Waals surface area contributed by atoms with E-state index in [1.807, 2.05) is 55.4 Å². The third-order valence-corrected chi connectivity index (χ3v) is 10.3. The monoisotopic (exact) mass is 724 g/mol. The SMILES string of the molecule is Cc1oc2nc1C(=O)N[C@@H](C(C)C)c1nc(c(C)o1)C(=O)N[C@@H](C(C)C)c1nc(cs1)C(=O)N[C@@H](C(C)C)c1nc(cs1)C(=O)N[C@H]2C(C)C. The van der Waals surface area contributed by atoms with Crippen molar-refractivity contribution in [3.8, 4) is 0 Å². The summed E-state index contributed by atoms with van der Waals surface area (Å²) in [4.78, 5) is 72.5. The number of aromatic nitrogens is 4. The third kappa shape index (κ3) is 7.65. The number of rotatable bonds is 4. The number of hydrogen-bond donors (Lipinski definition) is 4. The summed E-state index contributed by atoms with van der Waals surface area (Å²) in [5.74, 6) is -1.44. The Balaban J connectivity index is 1.58. The Labute approximate surface area is 298 Å². The van der Waals surface area contributed by atoms with Gasteiger partial charge in [-0.15, -0.1) is 22.7 Å². The minimum atomic E-state index is -0.706. The molecule has 0 fully saturated rings. The van der Waals surface area contributed by atoms with Crippen LogP contribution in [0.4, 0.5) is 0 Å². The number of amides is 4. The second kappa shape index (κ2) is 14.8. The lowest BCUT2D eigenvalue weighted by Gasteiger charge is -2.21. The van der Waals surface area contributed by atoms with Crippen LogP contribution in [-0.4, -0.2) is 43.6 Å². The number of hydrogen-bond acceptors (Lipinski definition) is 12. The quantitative estimate of drug-likeness (QED) is 0.194. The first-order valence-corrected chi connectivity index (χ1v) is 18.4. The number of aryl methyl sites for hydroxylation is 2. The fourth-order valence-electron chi connectivity index (χ4n) is 5.49. The number of carbonyl (C=O) groups is 4. The maximum Gasteiger partial charge on any atom is 0.274 e. The molecule has 0 saturated carbocycles. The van der Waals surface area contributed by atoms with Crippen LogP contribution in [-0.2, 0) is 0 Å².